The van der Waals surface area contributed by atoms with Gasteiger partial charge in [0.05, 0.1) is 5.75 Å². The van der Waals surface area contributed by atoms with Crippen LogP contribution in [-0.2, 0) is 10.0 Å². The summed E-state index contributed by atoms with van der Waals surface area (Å²) < 4.78 is 25.4. The zero-order chi connectivity index (χ0) is 20.0. The second kappa shape index (κ2) is 9.71. The molecule has 0 aromatic heterocycles. The first-order valence-electron chi connectivity index (χ1n) is 10.3. The number of guanidine groups is 1. The van der Waals surface area contributed by atoms with E-state index in [4.69, 9.17) is 0 Å². The fourth-order valence-corrected chi connectivity index (χ4v) is 5.72. The van der Waals surface area contributed by atoms with Gasteiger partial charge < -0.3 is 10.2 Å². The molecule has 0 aliphatic carbocycles. The lowest BCUT2D eigenvalue weighted by atomic mass is 10.0. The Balaban J connectivity index is 1.49. The molecular weight excluding hydrogens is 374 g/mol. The molecule has 2 fully saturated rings. The number of sulfonamides is 1. The molecule has 2 heterocycles. The van der Waals surface area contributed by atoms with Crippen molar-refractivity contribution in [3.8, 4) is 0 Å². The third-order valence-corrected chi connectivity index (χ3v) is 7.64. The highest BCUT2D eigenvalue weighted by Gasteiger charge is 2.28. The van der Waals surface area contributed by atoms with E-state index in [0.29, 0.717) is 25.7 Å². The van der Waals surface area contributed by atoms with Crippen molar-refractivity contribution in [3.05, 3.63) is 35.9 Å². The van der Waals surface area contributed by atoms with E-state index in [1.165, 1.54) is 5.56 Å². The van der Waals surface area contributed by atoms with Gasteiger partial charge in [-0.15, -0.1) is 0 Å². The van der Waals surface area contributed by atoms with E-state index < -0.39 is 10.0 Å². The van der Waals surface area contributed by atoms with Gasteiger partial charge in [-0.2, -0.15) is 0 Å². The number of nitrogens with zero attached hydrogens (tertiary/aromatic N) is 4. The van der Waals surface area contributed by atoms with Crippen LogP contribution in [0.25, 0.3) is 0 Å². The highest BCUT2D eigenvalue weighted by molar-refractivity contribution is 7.89. The lowest BCUT2D eigenvalue weighted by Crippen LogP contribution is -2.53. The molecule has 28 heavy (non-hydrogen) atoms. The number of benzene rings is 1. The molecular formula is C20H33N5O2S. The molecule has 1 unspecified atom stereocenters. The molecule has 0 amide bonds. The van der Waals surface area contributed by atoms with Gasteiger partial charge in [0.25, 0.3) is 0 Å². The van der Waals surface area contributed by atoms with Gasteiger partial charge in [-0.25, -0.2) is 12.7 Å². The number of aliphatic imine (C=N–C) groups is 1. The molecule has 2 aliphatic rings. The normalized spacial score (nSPS) is 22.4. The van der Waals surface area contributed by atoms with E-state index >= 15 is 0 Å². The zero-order valence-electron chi connectivity index (χ0n) is 17.0. The van der Waals surface area contributed by atoms with Gasteiger partial charge >= 0.3 is 0 Å². The van der Waals surface area contributed by atoms with E-state index in [2.05, 4.69) is 57.4 Å². The second-order valence-electron chi connectivity index (χ2n) is 7.40. The number of nitrogens with one attached hydrogen (secondary N) is 1. The first-order chi connectivity index (χ1) is 13.5. The van der Waals surface area contributed by atoms with Crippen LogP contribution in [0, 0.1) is 0 Å². The average Bonchev–Trinajstić information content (AvgIpc) is 3.05. The van der Waals surface area contributed by atoms with E-state index in [1.54, 1.807) is 11.4 Å². The largest absolute Gasteiger partial charge is 0.355 e. The second-order valence-corrected chi connectivity index (χ2v) is 9.49. The van der Waals surface area contributed by atoms with Gasteiger partial charge in [0.15, 0.2) is 5.96 Å². The van der Waals surface area contributed by atoms with E-state index in [0.717, 1.165) is 45.0 Å². The van der Waals surface area contributed by atoms with Crippen molar-refractivity contribution in [2.75, 3.05) is 58.6 Å². The average molecular weight is 408 g/mol. The molecule has 3 rings (SSSR count). The lowest BCUT2D eigenvalue weighted by Gasteiger charge is -2.40. The van der Waals surface area contributed by atoms with Crippen LogP contribution in [0.15, 0.2) is 35.3 Å². The molecule has 0 spiro atoms. The standard InChI is InChI=1S/C20H33N5O2S/c1-3-19(18-8-5-4-6-9-18)23-13-15-24(16-14-23)20(21-2)22-10-12-25-11-7-17-28(25,26)27/h4-6,8-9,19H,3,7,10-17H2,1-2H3,(H,21,22). The Labute approximate surface area is 169 Å². The summed E-state index contributed by atoms with van der Waals surface area (Å²) in [6.07, 6.45) is 1.83. The monoisotopic (exact) mass is 407 g/mol. The van der Waals surface area contributed by atoms with Crippen LogP contribution < -0.4 is 5.32 Å². The summed E-state index contributed by atoms with van der Waals surface area (Å²) in [4.78, 5) is 9.23. The molecule has 1 N–H and O–H groups in total. The summed E-state index contributed by atoms with van der Waals surface area (Å²) in [5, 5.41) is 3.34. The van der Waals surface area contributed by atoms with Gasteiger partial charge in [-0.1, -0.05) is 37.3 Å². The predicted octanol–water partition coefficient (Wildman–Crippen LogP) is 1.37. The van der Waals surface area contributed by atoms with Crippen LogP contribution in [0.4, 0.5) is 0 Å². The van der Waals surface area contributed by atoms with Crippen molar-refractivity contribution < 1.29 is 8.42 Å². The third-order valence-electron chi connectivity index (χ3n) is 5.68. The molecule has 1 aromatic carbocycles. The summed E-state index contributed by atoms with van der Waals surface area (Å²) >= 11 is 0. The SMILES string of the molecule is CCC(c1ccccc1)N1CCN(C(=NC)NCCN2CCCS2(=O)=O)CC1. The van der Waals surface area contributed by atoms with Crippen molar-refractivity contribution in [2.45, 2.75) is 25.8 Å². The van der Waals surface area contributed by atoms with E-state index in [1.807, 2.05) is 0 Å². The lowest BCUT2D eigenvalue weighted by molar-refractivity contribution is 0.127. The molecule has 2 saturated heterocycles. The maximum absolute atomic E-state index is 11.9. The molecule has 0 saturated carbocycles. The maximum Gasteiger partial charge on any atom is 0.214 e. The molecule has 0 bridgehead atoms. The summed E-state index contributed by atoms with van der Waals surface area (Å²) in [6, 6.07) is 11.2. The van der Waals surface area contributed by atoms with Crippen LogP contribution >= 0.6 is 0 Å². The van der Waals surface area contributed by atoms with Crippen LogP contribution in [0.5, 0.6) is 0 Å². The minimum atomic E-state index is -3.03. The van der Waals surface area contributed by atoms with Crippen LogP contribution in [0.1, 0.15) is 31.4 Å². The van der Waals surface area contributed by atoms with Gasteiger partial charge in [0.2, 0.25) is 10.0 Å². The summed E-state index contributed by atoms with van der Waals surface area (Å²) in [5.74, 6) is 1.15. The minimum absolute atomic E-state index is 0.281. The molecule has 1 atom stereocenters. The van der Waals surface area contributed by atoms with Crippen molar-refractivity contribution >= 4 is 16.0 Å². The fraction of sp³-hybridized carbons (Fsp3) is 0.650. The van der Waals surface area contributed by atoms with Crippen LogP contribution in [-0.4, -0.2) is 87.1 Å². The van der Waals surface area contributed by atoms with Gasteiger partial charge in [0.1, 0.15) is 0 Å². The molecule has 0 radical (unpaired) electrons. The Morgan fingerprint density at radius 3 is 2.43 bits per heavy atom. The number of hydrogen-bond acceptors (Lipinski definition) is 4. The Bertz CT molecular complexity index is 745. The zero-order valence-corrected chi connectivity index (χ0v) is 17.9. The Morgan fingerprint density at radius 1 is 1.14 bits per heavy atom. The molecule has 156 valence electrons. The van der Waals surface area contributed by atoms with Crippen molar-refractivity contribution in [1.29, 1.82) is 0 Å². The fourth-order valence-electron chi connectivity index (χ4n) is 4.19. The molecule has 1 aromatic rings. The molecule has 8 heteroatoms. The van der Waals surface area contributed by atoms with Gasteiger partial charge in [0, 0.05) is 58.9 Å². The van der Waals surface area contributed by atoms with Crippen molar-refractivity contribution in [1.82, 2.24) is 19.4 Å². The number of piperazine rings is 1. The first-order valence-corrected chi connectivity index (χ1v) is 11.9. The van der Waals surface area contributed by atoms with Gasteiger partial charge in [-0.3, -0.25) is 9.89 Å². The van der Waals surface area contributed by atoms with Crippen LogP contribution in [0.3, 0.4) is 0 Å². The predicted molar refractivity (Wildman–Crippen MR) is 114 cm³/mol. The topological polar surface area (TPSA) is 68.2 Å². The van der Waals surface area contributed by atoms with E-state index in [9.17, 15) is 8.42 Å². The van der Waals surface area contributed by atoms with Crippen LogP contribution in [0.2, 0.25) is 0 Å². The smallest absolute Gasteiger partial charge is 0.214 e. The first kappa shape index (κ1) is 21.1. The molecule has 7 nitrogen and oxygen atoms in total. The summed E-state index contributed by atoms with van der Waals surface area (Å²) in [5.41, 5.74) is 1.38. The Morgan fingerprint density at radius 2 is 1.86 bits per heavy atom. The highest BCUT2D eigenvalue weighted by atomic mass is 32.2. The highest BCUT2D eigenvalue weighted by Crippen LogP contribution is 2.25. The van der Waals surface area contributed by atoms with Crippen molar-refractivity contribution in [3.63, 3.8) is 0 Å². The summed E-state index contributed by atoms with van der Waals surface area (Å²) in [7, 11) is -1.24. The van der Waals surface area contributed by atoms with Crippen molar-refractivity contribution in [2.24, 2.45) is 4.99 Å². The third kappa shape index (κ3) is 5.04. The van der Waals surface area contributed by atoms with E-state index in [-0.39, 0.29) is 5.75 Å². The Kier molecular flexibility index (Phi) is 7.31. The number of rotatable bonds is 6. The summed E-state index contributed by atoms with van der Waals surface area (Å²) in [6.45, 7) is 7.82. The minimum Gasteiger partial charge on any atom is -0.355 e. The molecule has 2 aliphatic heterocycles. The quantitative estimate of drug-likeness (QED) is 0.570. The number of hydrogen-bond donors (Lipinski definition) is 1. The maximum atomic E-state index is 11.9. The van der Waals surface area contributed by atoms with Gasteiger partial charge in [-0.05, 0) is 18.4 Å². The Hall–Kier alpha value is -1.64.